The molecule has 2 N–H and O–H groups in total. The minimum Gasteiger partial charge on any atom is -0.395 e. The van der Waals surface area contributed by atoms with Crippen LogP contribution in [0.25, 0.3) is 0 Å². The van der Waals surface area contributed by atoms with Gasteiger partial charge in [0, 0.05) is 24.5 Å². The third-order valence-electron chi connectivity index (χ3n) is 4.52. The Hall–Kier alpha value is -2.78. The monoisotopic (exact) mass is 388 g/mol. The molecule has 0 radical (unpaired) electrons. The first-order valence-electron chi connectivity index (χ1n) is 8.36. The number of aliphatic hydroxyl groups excluding tert-OH is 1. The van der Waals surface area contributed by atoms with Crippen molar-refractivity contribution >= 4 is 22.1 Å². The molecule has 27 heavy (non-hydrogen) atoms. The van der Waals surface area contributed by atoms with Crippen LogP contribution in [0.2, 0.25) is 0 Å². The summed E-state index contributed by atoms with van der Waals surface area (Å²) in [6, 6.07) is 9.03. The zero-order valence-electron chi connectivity index (χ0n) is 14.7. The predicted molar refractivity (Wildman–Crippen MR) is 99.6 cm³/mol. The standard InChI is InChI=1S/C18H20N4O4S/c1-2-15(8-19)27(25,26)22-10-14-9-21(11-17(14)20-22)18(24)16(12-23)13-6-4-3-5-7-13/h2-8,10,16,19,23H,9,11-12H2,1H3/b15-2+,19-8?/t16-/m0/s1. The van der Waals surface area contributed by atoms with Gasteiger partial charge < -0.3 is 15.4 Å². The van der Waals surface area contributed by atoms with E-state index in [1.807, 2.05) is 18.2 Å². The molecule has 0 fully saturated rings. The zero-order valence-corrected chi connectivity index (χ0v) is 15.6. The Morgan fingerprint density at radius 2 is 2.04 bits per heavy atom. The second-order valence-electron chi connectivity index (χ2n) is 6.15. The molecule has 142 valence electrons. The zero-order chi connectivity index (χ0) is 19.6. The average molecular weight is 388 g/mol. The van der Waals surface area contributed by atoms with E-state index in [0.717, 1.165) is 15.9 Å². The van der Waals surface area contributed by atoms with Gasteiger partial charge in [-0.15, -0.1) is 0 Å². The van der Waals surface area contributed by atoms with E-state index in [9.17, 15) is 18.3 Å². The smallest absolute Gasteiger partial charge is 0.284 e. The molecule has 2 aromatic rings. The third-order valence-corrected chi connectivity index (χ3v) is 6.15. The van der Waals surface area contributed by atoms with E-state index < -0.39 is 15.9 Å². The van der Waals surface area contributed by atoms with Crippen LogP contribution in [0.1, 0.15) is 29.7 Å². The minimum atomic E-state index is -3.90. The van der Waals surface area contributed by atoms with Crippen molar-refractivity contribution in [1.29, 1.82) is 5.41 Å². The average Bonchev–Trinajstić information content (AvgIpc) is 3.23. The molecule has 1 amide bonds. The molecule has 1 atom stereocenters. The quantitative estimate of drug-likeness (QED) is 0.722. The Labute approximate surface area is 157 Å². The van der Waals surface area contributed by atoms with Crippen molar-refractivity contribution in [3.8, 4) is 0 Å². The number of aliphatic hydroxyl groups is 1. The molecule has 0 saturated heterocycles. The van der Waals surface area contributed by atoms with Crippen LogP contribution in [-0.2, 0) is 27.9 Å². The summed E-state index contributed by atoms with van der Waals surface area (Å²) in [5, 5.41) is 21.0. The van der Waals surface area contributed by atoms with Crippen LogP contribution in [-0.4, -0.2) is 46.3 Å². The number of fused-ring (bicyclic) bond motifs is 1. The van der Waals surface area contributed by atoms with Crippen LogP contribution in [0.15, 0.2) is 47.5 Å². The molecule has 1 aromatic heterocycles. The number of hydrogen-bond donors (Lipinski definition) is 2. The summed E-state index contributed by atoms with van der Waals surface area (Å²) < 4.78 is 25.7. The second-order valence-corrected chi connectivity index (χ2v) is 7.95. The van der Waals surface area contributed by atoms with Crippen molar-refractivity contribution in [2.75, 3.05) is 6.61 Å². The Morgan fingerprint density at radius 3 is 2.59 bits per heavy atom. The molecule has 0 aliphatic carbocycles. The highest BCUT2D eigenvalue weighted by Crippen LogP contribution is 2.27. The van der Waals surface area contributed by atoms with Crippen molar-refractivity contribution in [1.82, 2.24) is 14.1 Å². The molecule has 1 aliphatic heterocycles. The Morgan fingerprint density at radius 1 is 1.33 bits per heavy atom. The molecular formula is C18H20N4O4S. The molecule has 9 heteroatoms. The lowest BCUT2D eigenvalue weighted by molar-refractivity contribution is -0.134. The van der Waals surface area contributed by atoms with E-state index >= 15 is 0 Å². The van der Waals surface area contributed by atoms with E-state index in [4.69, 9.17) is 5.41 Å². The molecule has 0 saturated carbocycles. The molecule has 8 nitrogen and oxygen atoms in total. The van der Waals surface area contributed by atoms with Gasteiger partial charge in [-0.25, -0.2) is 0 Å². The van der Waals surface area contributed by atoms with E-state index in [2.05, 4.69) is 5.10 Å². The normalized spacial score (nSPS) is 15.5. The van der Waals surface area contributed by atoms with Gasteiger partial charge in [0.1, 0.15) is 4.91 Å². The second kappa shape index (κ2) is 7.45. The molecule has 2 heterocycles. The Balaban J connectivity index is 1.80. The maximum absolute atomic E-state index is 12.8. The molecular weight excluding hydrogens is 368 g/mol. The highest BCUT2D eigenvalue weighted by Gasteiger charge is 2.33. The van der Waals surface area contributed by atoms with E-state index in [1.165, 1.54) is 19.2 Å². The van der Waals surface area contributed by atoms with Gasteiger partial charge in [0.2, 0.25) is 5.91 Å². The highest BCUT2D eigenvalue weighted by molar-refractivity contribution is 7.94. The fraction of sp³-hybridized carbons (Fsp3) is 0.278. The van der Waals surface area contributed by atoms with Crippen molar-refractivity contribution < 1.29 is 18.3 Å². The highest BCUT2D eigenvalue weighted by atomic mass is 32.2. The van der Waals surface area contributed by atoms with Gasteiger partial charge in [-0.1, -0.05) is 36.4 Å². The van der Waals surface area contributed by atoms with Gasteiger partial charge in [0.05, 0.1) is 24.8 Å². The topological polar surface area (TPSA) is 116 Å². The van der Waals surface area contributed by atoms with Crippen molar-refractivity contribution in [3.63, 3.8) is 0 Å². The number of rotatable bonds is 6. The van der Waals surface area contributed by atoms with Crippen LogP contribution >= 0.6 is 0 Å². The number of aromatic nitrogens is 2. The lowest BCUT2D eigenvalue weighted by Crippen LogP contribution is -2.33. The van der Waals surface area contributed by atoms with Crippen molar-refractivity contribution in [2.24, 2.45) is 0 Å². The van der Waals surface area contributed by atoms with Crippen LogP contribution in [0.5, 0.6) is 0 Å². The number of carbonyl (C=O) groups excluding carboxylic acids is 1. The van der Waals surface area contributed by atoms with E-state index in [0.29, 0.717) is 11.3 Å². The van der Waals surface area contributed by atoms with Crippen LogP contribution < -0.4 is 0 Å². The number of nitrogens with zero attached hydrogens (tertiary/aromatic N) is 3. The van der Waals surface area contributed by atoms with Gasteiger partial charge in [-0.2, -0.15) is 17.6 Å². The fourth-order valence-electron chi connectivity index (χ4n) is 3.05. The van der Waals surface area contributed by atoms with Gasteiger partial charge >= 0.3 is 0 Å². The minimum absolute atomic E-state index is 0.152. The molecule has 1 aliphatic rings. The summed E-state index contributed by atoms with van der Waals surface area (Å²) in [6.45, 7) is 1.63. The number of hydrogen-bond acceptors (Lipinski definition) is 6. The van der Waals surface area contributed by atoms with E-state index in [-0.39, 0.29) is 30.5 Å². The first-order valence-corrected chi connectivity index (χ1v) is 9.80. The summed E-state index contributed by atoms with van der Waals surface area (Å²) in [4.78, 5) is 14.2. The molecule has 0 spiro atoms. The first kappa shape index (κ1) is 19.0. The van der Waals surface area contributed by atoms with Crippen LogP contribution in [0, 0.1) is 5.41 Å². The summed E-state index contributed by atoms with van der Waals surface area (Å²) in [5.41, 5.74) is 1.86. The maximum Gasteiger partial charge on any atom is 0.284 e. The van der Waals surface area contributed by atoms with Gasteiger partial charge in [0.15, 0.2) is 0 Å². The van der Waals surface area contributed by atoms with Gasteiger partial charge in [0.25, 0.3) is 10.0 Å². The van der Waals surface area contributed by atoms with Crippen molar-refractivity contribution in [2.45, 2.75) is 25.9 Å². The molecule has 1 aromatic carbocycles. The Kier molecular flexibility index (Phi) is 5.24. The van der Waals surface area contributed by atoms with Gasteiger partial charge in [-0.3, -0.25) is 4.79 Å². The fourth-order valence-corrected chi connectivity index (χ4v) is 4.19. The lowest BCUT2D eigenvalue weighted by atomic mass is 9.98. The summed E-state index contributed by atoms with van der Waals surface area (Å²) in [5.74, 6) is -0.900. The van der Waals surface area contributed by atoms with Gasteiger partial charge in [-0.05, 0) is 12.5 Å². The van der Waals surface area contributed by atoms with E-state index in [1.54, 1.807) is 17.0 Å². The predicted octanol–water partition coefficient (Wildman–Crippen LogP) is 1.23. The summed E-state index contributed by atoms with van der Waals surface area (Å²) in [6.07, 6.45) is 3.47. The maximum atomic E-state index is 12.8. The van der Waals surface area contributed by atoms with Crippen LogP contribution in [0.3, 0.4) is 0 Å². The lowest BCUT2D eigenvalue weighted by Gasteiger charge is -2.22. The molecule has 0 unspecified atom stereocenters. The van der Waals surface area contributed by atoms with Crippen molar-refractivity contribution in [3.05, 3.63) is 64.3 Å². The first-order chi connectivity index (χ1) is 12.9. The Bertz CT molecular complexity index is 972. The molecule has 3 rings (SSSR count). The number of amides is 1. The third kappa shape index (κ3) is 3.43. The summed E-state index contributed by atoms with van der Waals surface area (Å²) in [7, 11) is -3.90. The SMILES string of the molecule is C/C=C(\C=N)S(=O)(=O)n1cc2c(n1)CN(C(=O)[C@@H](CO)c1ccccc1)C2. The number of allylic oxidation sites excluding steroid dienone is 2. The number of nitrogens with one attached hydrogen (secondary N) is 1. The number of carbonyl (C=O) groups is 1. The summed E-state index contributed by atoms with van der Waals surface area (Å²) >= 11 is 0. The van der Waals surface area contributed by atoms with Crippen LogP contribution in [0.4, 0.5) is 0 Å². The molecule has 0 bridgehead atoms. The number of benzene rings is 1. The largest absolute Gasteiger partial charge is 0.395 e.